The van der Waals surface area contributed by atoms with Crippen molar-refractivity contribution in [2.75, 3.05) is 24.5 Å². The van der Waals surface area contributed by atoms with Crippen LogP contribution in [0, 0.1) is 5.92 Å². The Balaban J connectivity index is 2.00. The number of rotatable bonds is 3. The molecule has 1 heterocycles. The summed E-state index contributed by atoms with van der Waals surface area (Å²) >= 11 is 0. The van der Waals surface area contributed by atoms with Crippen molar-refractivity contribution in [1.29, 1.82) is 0 Å². The van der Waals surface area contributed by atoms with E-state index in [0.29, 0.717) is 18.0 Å². The number of hydrogen-bond acceptors (Lipinski definition) is 2. The van der Waals surface area contributed by atoms with E-state index < -0.39 is 0 Å². The second kappa shape index (κ2) is 6.83. The summed E-state index contributed by atoms with van der Waals surface area (Å²) < 4.78 is 0. The standard InChI is InChI=1S/C17H27N3O/c1-13(2)10-18-17(21)19-11-14(3)20(15(4)12-19)16-8-6-5-7-9-16/h5-9,13-15H,10-12H2,1-4H3,(H,18,21). The maximum Gasteiger partial charge on any atom is 0.317 e. The number of anilines is 1. The lowest BCUT2D eigenvalue weighted by Gasteiger charge is -2.45. The van der Waals surface area contributed by atoms with Crippen molar-refractivity contribution in [3.05, 3.63) is 30.3 Å². The summed E-state index contributed by atoms with van der Waals surface area (Å²) in [5.41, 5.74) is 1.24. The second-order valence-electron chi connectivity index (χ2n) is 6.43. The molecule has 116 valence electrons. The average Bonchev–Trinajstić information content (AvgIpc) is 2.45. The Labute approximate surface area is 128 Å². The van der Waals surface area contributed by atoms with Crippen molar-refractivity contribution in [3.63, 3.8) is 0 Å². The molecule has 2 amide bonds. The molecule has 4 nitrogen and oxygen atoms in total. The first-order chi connectivity index (χ1) is 9.99. The van der Waals surface area contributed by atoms with Crippen LogP contribution in [-0.4, -0.2) is 42.6 Å². The zero-order valence-electron chi connectivity index (χ0n) is 13.5. The van der Waals surface area contributed by atoms with Crippen LogP contribution in [0.1, 0.15) is 27.7 Å². The summed E-state index contributed by atoms with van der Waals surface area (Å²) in [6.45, 7) is 10.9. The van der Waals surface area contributed by atoms with Crippen molar-refractivity contribution < 1.29 is 4.79 Å². The molecule has 1 fully saturated rings. The van der Waals surface area contributed by atoms with E-state index >= 15 is 0 Å². The van der Waals surface area contributed by atoms with E-state index in [1.807, 2.05) is 11.0 Å². The Morgan fingerprint density at radius 3 is 2.29 bits per heavy atom. The predicted octanol–water partition coefficient (Wildman–Crippen LogP) is 2.95. The number of benzene rings is 1. The summed E-state index contributed by atoms with van der Waals surface area (Å²) in [7, 11) is 0. The van der Waals surface area contributed by atoms with Crippen LogP contribution in [0.4, 0.5) is 10.5 Å². The number of nitrogens with one attached hydrogen (secondary N) is 1. The highest BCUT2D eigenvalue weighted by molar-refractivity contribution is 5.74. The third-order valence-electron chi connectivity index (χ3n) is 3.92. The largest absolute Gasteiger partial charge is 0.363 e. The molecule has 0 aliphatic carbocycles. The molecule has 1 aliphatic rings. The molecular weight excluding hydrogens is 262 g/mol. The molecule has 21 heavy (non-hydrogen) atoms. The Morgan fingerprint density at radius 2 is 1.76 bits per heavy atom. The van der Waals surface area contributed by atoms with Gasteiger partial charge in [-0.25, -0.2) is 4.79 Å². The zero-order valence-corrected chi connectivity index (χ0v) is 13.5. The zero-order chi connectivity index (χ0) is 15.4. The summed E-state index contributed by atoms with van der Waals surface area (Å²) in [6.07, 6.45) is 0. The fraction of sp³-hybridized carbons (Fsp3) is 0.588. The summed E-state index contributed by atoms with van der Waals surface area (Å²) in [5, 5.41) is 3.02. The van der Waals surface area contributed by atoms with Crippen LogP contribution in [0.2, 0.25) is 0 Å². The maximum absolute atomic E-state index is 12.2. The number of urea groups is 1. The Bertz CT molecular complexity index is 448. The third kappa shape index (κ3) is 3.90. The highest BCUT2D eigenvalue weighted by Crippen LogP contribution is 2.24. The van der Waals surface area contributed by atoms with Gasteiger partial charge in [0.15, 0.2) is 0 Å². The molecule has 0 bridgehead atoms. The van der Waals surface area contributed by atoms with Crippen LogP contribution in [0.25, 0.3) is 0 Å². The van der Waals surface area contributed by atoms with Crippen LogP contribution in [0.3, 0.4) is 0 Å². The van der Waals surface area contributed by atoms with E-state index in [4.69, 9.17) is 0 Å². The van der Waals surface area contributed by atoms with Crippen molar-refractivity contribution in [2.24, 2.45) is 5.92 Å². The molecule has 1 aliphatic heterocycles. The van der Waals surface area contributed by atoms with Crippen molar-refractivity contribution in [1.82, 2.24) is 10.2 Å². The molecule has 2 rings (SSSR count). The van der Waals surface area contributed by atoms with Gasteiger partial charge in [0.05, 0.1) is 0 Å². The summed E-state index contributed by atoms with van der Waals surface area (Å²) in [6, 6.07) is 11.2. The highest BCUT2D eigenvalue weighted by Gasteiger charge is 2.31. The molecule has 0 saturated carbocycles. The minimum atomic E-state index is 0.0649. The molecular formula is C17H27N3O. The van der Waals surface area contributed by atoms with Gasteiger partial charge in [-0.1, -0.05) is 32.0 Å². The third-order valence-corrected chi connectivity index (χ3v) is 3.92. The quantitative estimate of drug-likeness (QED) is 0.928. The number of hydrogen-bond donors (Lipinski definition) is 1. The van der Waals surface area contributed by atoms with Gasteiger partial charge < -0.3 is 15.1 Å². The molecule has 1 aromatic carbocycles. The Kier molecular flexibility index (Phi) is 5.10. The summed E-state index contributed by atoms with van der Waals surface area (Å²) in [5.74, 6) is 0.481. The van der Waals surface area contributed by atoms with Gasteiger partial charge in [0, 0.05) is 37.4 Å². The van der Waals surface area contributed by atoms with E-state index in [-0.39, 0.29) is 6.03 Å². The van der Waals surface area contributed by atoms with Crippen LogP contribution < -0.4 is 10.2 Å². The lowest BCUT2D eigenvalue weighted by Crippen LogP contribution is -2.60. The molecule has 2 atom stereocenters. The van der Waals surface area contributed by atoms with Gasteiger partial charge in [-0.15, -0.1) is 0 Å². The van der Waals surface area contributed by atoms with Crippen molar-refractivity contribution in [2.45, 2.75) is 39.8 Å². The second-order valence-corrected chi connectivity index (χ2v) is 6.43. The van der Waals surface area contributed by atoms with Crippen LogP contribution in [0.5, 0.6) is 0 Å². The molecule has 0 aromatic heterocycles. The average molecular weight is 289 g/mol. The van der Waals surface area contributed by atoms with Gasteiger partial charge in [-0.2, -0.15) is 0 Å². The smallest absolute Gasteiger partial charge is 0.317 e. The summed E-state index contributed by atoms with van der Waals surface area (Å²) in [4.78, 5) is 16.6. The van der Waals surface area contributed by atoms with E-state index in [1.54, 1.807) is 0 Å². The van der Waals surface area contributed by atoms with Crippen LogP contribution >= 0.6 is 0 Å². The monoisotopic (exact) mass is 289 g/mol. The fourth-order valence-electron chi connectivity index (χ4n) is 3.00. The van der Waals surface area contributed by atoms with Crippen LogP contribution in [0.15, 0.2) is 30.3 Å². The first-order valence-corrected chi connectivity index (χ1v) is 7.85. The lowest BCUT2D eigenvalue weighted by molar-refractivity contribution is 0.175. The number of nitrogens with zero attached hydrogens (tertiary/aromatic N) is 2. The molecule has 1 aromatic rings. The lowest BCUT2D eigenvalue weighted by atomic mass is 10.1. The van der Waals surface area contributed by atoms with E-state index in [9.17, 15) is 4.79 Å². The number of carbonyl (C=O) groups excluding carboxylic acids is 1. The van der Waals surface area contributed by atoms with Gasteiger partial charge in [0.25, 0.3) is 0 Å². The maximum atomic E-state index is 12.2. The number of para-hydroxylation sites is 1. The fourth-order valence-corrected chi connectivity index (χ4v) is 3.00. The van der Waals surface area contributed by atoms with Gasteiger partial charge >= 0.3 is 6.03 Å². The van der Waals surface area contributed by atoms with Crippen molar-refractivity contribution in [3.8, 4) is 0 Å². The van der Waals surface area contributed by atoms with Gasteiger partial charge in [-0.3, -0.25) is 0 Å². The molecule has 1 N–H and O–H groups in total. The first-order valence-electron chi connectivity index (χ1n) is 7.85. The number of amides is 2. The SMILES string of the molecule is CC(C)CNC(=O)N1CC(C)N(c2ccccc2)C(C)C1. The Morgan fingerprint density at radius 1 is 1.19 bits per heavy atom. The van der Waals surface area contributed by atoms with Gasteiger partial charge in [0.2, 0.25) is 0 Å². The Hall–Kier alpha value is -1.71. The molecule has 0 spiro atoms. The highest BCUT2D eigenvalue weighted by atomic mass is 16.2. The van der Waals surface area contributed by atoms with E-state index in [2.05, 4.69) is 62.2 Å². The van der Waals surface area contributed by atoms with Gasteiger partial charge in [0.1, 0.15) is 0 Å². The van der Waals surface area contributed by atoms with E-state index in [1.165, 1.54) is 5.69 Å². The normalized spacial score (nSPS) is 22.5. The molecule has 0 radical (unpaired) electrons. The molecule has 2 unspecified atom stereocenters. The predicted molar refractivity (Wildman–Crippen MR) is 87.7 cm³/mol. The number of piperazine rings is 1. The number of carbonyl (C=O) groups is 1. The first kappa shape index (κ1) is 15.7. The topological polar surface area (TPSA) is 35.6 Å². The van der Waals surface area contributed by atoms with Gasteiger partial charge in [-0.05, 0) is 31.9 Å². The molecule has 4 heteroatoms. The van der Waals surface area contributed by atoms with E-state index in [0.717, 1.165) is 19.6 Å². The van der Waals surface area contributed by atoms with Crippen LogP contribution in [-0.2, 0) is 0 Å². The minimum absolute atomic E-state index is 0.0649. The minimum Gasteiger partial charge on any atom is -0.363 e. The van der Waals surface area contributed by atoms with Crippen molar-refractivity contribution >= 4 is 11.7 Å². The molecule has 1 saturated heterocycles.